The van der Waals surface area contributed by atoms with Crippen molar-refractivity contribution >= 4 is 11.8 Å². The molecule has 3 heterocycles. The molecule has 0 aliphatic carbocycles. The fraction of sp³-hybridized carbons (Fsp3) is 0.267. The second-order valence-corrected chi connectivity index (χ2v) is 9.53. The SMILES string of the molecule is C[C@H](C(=O)NCc1cccnc1)C1CCN(C(=O)c2cn(-c3ccccc3)nc2-c2ccccc2)CC1. The van der Waals surface area contributed by atoms with Gasteiger partial charge in [0.05, 0.1) is 11.3 Å². The molecule has 7 nitrogen and oxygen atoms in total. The van der Waals surface area contributed by atoms with Crippen molar-refractivity contribution in [1.82, 2.24) is 25.0 Å². The average Bonchev–Trinajstić information content (AvgIpc) is 3.42. The van der Waals surface area contributed by atoms with Crippen LogP contribution in [0.2, 0.25) is 0 Å². The Balaban J connectivity index is 1.26. The number of para-hydroxylation sites is 1. The Hall–Kier alpha value is -4.26. The minimum atomic E-state index is -0.116. The minimum Gasteiger partial charge on any atom is -0.352 e. The number of pyridine rings is 1. The Morgan fingerprint density at radius 1 is 0.973 bits per heavy atom. The fourth-order valence-electron chi connectivity index (χ4n) is 4.89. The first-order chi connectivity index (χ1) is 18.1. The van der Waals surface area contributed by atoms with E-state index in [1.54, 1.807) is 17.1 Å². The molecular weight excluding hydrogens is 462 g/mol. The Bertz CT molecular complexity index is 1330. The number of amides is 2. The molecule has 5 rings (SSSR count). The van der Waals surface area contributed by atoms with Crippen molar-refractivity contribution in [2.45, 2.75) is 26.3 Å². The van der Waals surface area contributed by atoms with Gasteiger partial charge < -0.3 is 10.2 Å². The van der Waals surface area contributed by atoms with Crippen molar-refractivity contribution in [1.29, 1.82) is 0 Å². The van der Waals surface area contributed by atoms with E-state index < -0.39 is 0 Å². The maximum atomic E-state index is 13.7. The first-order valence-corrected chi connectivity index (χ1v) is 12.8. The van der Waals surface area contributed by atoms with Crippen LogP contribution >= 0.6 is 0 Å². The van der Waals surface area contributed by atoms with Crippen LogP contribution in [0.3, 0.4) is 0 Å². The highest BCUT2D eigenvalue weighted by atomic mass is 16.2. The van der Waals surface area contributed by atoms with Crippen LogP contribution in [-0.2, 0) is 11.3 Å². The monoisotopic (exact) mass is 493 g/mol. The minimum absolute atomic E-state index is 0.0202. The molecule has 4 aromatic rings. The van der Waals surface area contributed by atoms with E-state index in [1.165, 1.54) is 0 Å². The van der Waals surface area contributed by atoms with E-state index in [9.17, 15) is 9.59 Å². The molecule has 1 atom stereocenters. The lowest BCUT2D eigenvalue weighted by Crippen LogP contribution is -2.42. The molecule has 7 heteroatoms. The number of nitrogens with one attached hydrogen (secondary N) is 1. The third kappa shape index (κ3) is 5.61. The van der Waals surface area contributed by atoms with Gasteiger partial charge >= 0.3 is 0 Å². The van der Waals surface area contributed by atoms with Crippen LogP contribution in [0.4, 0.5) is 0 Å². The van der Waals surface area contributed by atoms with Gasteiger partial charge in [-0.3, -0.25) is 14.6 Å². The summed E-state index contributed by atoms with van der Waals surface area (Å²) >= 11 is 0. The molecule has 2 aromatic heterocycles. The van der Waals surface area contributed by atoms with Crippen molar-refractivity contribution in [2.75, 3.05) is 13.1 Å². The maximum absolute atomic E-state index is 13.7. The average molecular weight is 494 g/mol. The molecule has 2 amide bonds. The third-order valence-corrected chi connectivity index (χ3v) is 7.15. The number of nitrogens with zero attached hydrogens (tertiary/aromatic N) is 4. The van der Waals surface area contributed by atoms with Crippen LogP contribution in [0.5, 0.6) is 0 Å². The van der Waals surface area contributed by atoms with Gasteiger partial charge in [0.2, 0.25) is 5.91 Å². The number of benzene rings is 2. The van der Waals surface area contributed by atoms with Crippen LogP contribution < -0.4 is 5.32 Å². The molecule has 37 heavy (non-hydrogen) atoms. The van der Waals surface area contributed by atoms with Gasteiger partial charge in [0.25, 0.3) is 5.91 Å². The van der Waals surface area contributed by atoms with Gasteiger partial charge in [-0.25, -0.2) is 4.68 Å². The molecule has 1 N–H and O–H groups in total. The van der Waals surface area contributed by atoms with Crippen LogP contribution in [-0.4, -0.2) is 44.6 Å². The van der Waals surface area contributed by atoms with Gasteiger partial charge in [-0.15, -0.1) is 0 Å². The van der Waals surface area contributed by atoms with E-state index in [-0.39, 0.29) is 23.7 Å². The quantitative estimate of drug-likeness (QED) is 0.403. The van der Waals surface area contributed by atoms with Crippen LogP contribution in [0.25, 0.3) is 16.9 Å². The summed E-state index contributed by atoms with van der Waals surface area (Å²) in [5.74, 6) is 0.144. The Labute approximate surface area is 217 Å². The second-order valence-electron chi connectivity index (χ2n) is 9.53. The summed E-state index contributed by atoms with van der Waals surface area (Å²) in [7, 11) is 0. The van der Waals surface area contributed by atoms with Crippen LogP contribution in [0.15, 0.2) is 91.4 Å². The summed E-state index contributed by atoms with van der Waals surface area (Å²) in [6, 6.07) is 23.5. The second kappa shape index (κ2) is 11.2. The number of carbonyl (C=O) groups is 2. The predicted octanol–water partition coefficient (Wildman–Crippen LogP) is 4.74. The Morgan fingerprint density at radius 2 is 1.68 bits per heavy atom. The van der Waals surface area contributed by atoms with E-state index in [4.69, 9.17) is 5.10 Å². The number of hydrogen-bond donors (Lipinski definition) is 1. The maximum Gasteiger partial charge on any atom is 0.257 e. The van der Waals surface area contributed by atoms with Gasteiger partial charge in [-0.1, -0.05) is 61.5 Å². The summed E-state index contributed by atoms with van der Waals surface area (Å²) in [4.78, 5) is 32.5. The van der Waals surface area contributed by atoms with Gasteiger partial charge in [-0.05, 0) is 42.5 Å². The first kappa shape index (κ1) is 24.4. The summed E-state index contributed by atoms with van der Waals surface area (Å²) in [6.45, 7) is 3.70. The first-order valence-electron chi connectivity index (χ1n) is 12.8. The molecule has 0 spiro atoms. The normalized spacial score (nSPS) is 14.8. The smallest absolute Gasteiger partial charge is 0.257 e. The Morgan fingerprint density at radius 3 is 2.35 bits per heavy atom. The molecule has 1 fully saturated rings. The molecule has 2 aromatic carbocycles. The molecule has 1 aliphatic rings. The largest absolute Gasteiger partial charge is 0.352 e. The van der Waals surface area contributed by atoms with E-state index in [2.05, 4.69) is 10.3 Å². The summed E-state index contributed by atoms with van der Waals surface area (Å²) in [5.41, 5.74) is 4.07. The fourth-order valence-corrected chi connectivity index (χ4v) is 4.89. The van der Waals surface area contributed by atoms with Crippen molar-refractivity contribution in [3.8, 4) is 16.9 Å². The lowest BCUT2D eigenvalue weighted by Gasteiger charge is -2.34. The molecule has 1 saturated heterocycles. The lowest BCUT2D eigenvalue weighted by atomic mass is 9.84. The van der Waals surface area contributed by atoms with Crippen molar-refractivity contribution in [2.24, 2.45) is 11.8 Å². The van der Waals surface area contributed by atoms with Crippen molar-refractivity contribution in [3.05, 3.63) is 103 Å². The zero-order valence-corrected chi connectivity index (χ0v) is 21.0. The van der Waals surface area contributed by atoms with Gasteiger partial charge in [-0.2, -0.15) is 5.10 Å². The van der Waals surface area contributed by atoms with Crippen molar-refractivity contribution in [3.63, 3.8) is 0 Å². The number of hydrogen-bond acceptors (Lipinski definition) is 4. The number of aromatic nitrogens is 3. The molecule has 0 radical (unpaired) electrons. The van der Waals surface area contributed by atoms with Gasteiger partial charge in [0.15, 0.2) is 0 Å². The van der Waals surface area contributed by atoms with E-state index in [0.29, 0.717) is 30.9 Å². The summed E-state index contributed by atoms with van der Waals surface area (Å²) in [5, 5.41) is 7.82. The zero-order chi connectivity index (χ0) is 25.6. The standard InChI is InChI=1S/C30H31N5O2/c1-22(29(36)32-20-23-9-8-16-31-19-23)24-14-17-34(18-15-24)30(37)27-21-35(26-12-6-3-7-13-26)33-28(27)25-10-4-2-5-11-25/h2-13,16,19,21-22,24H,14-15,17-18,20H2,1H3,(H,32,36)/t22-/m0/s1. The van der Waals surface area contributed by atoms with Gasteiger partial charge in [0, 0.05) is 49.7 Å². The number of rotatable bonds is 7. The Kier molecular flexibility index (Phi) is 7.40. The highest BCUT2D eigenvalue weighted by Gasteiger charge is 2.31. The van der Waals surface area contributed by atoms with E-state index in [1.807, 2.05) is 90.8 Å². The number of likely N-dealkylation sites (tertiary alicyclic amines) is 1. The molecule has 0 bridgehead atoms. The van der Waals surface area contributed by atoms with E-state index in [0.717, 1.165) is 29.7 Å². The molecule has 1 aliphatic heterocycles. The third-order valence-electron chi connectivity index (χ3n) is 7.15. The zero-order valence-electron chi connectivity index (χ0n) is 21.0. The number of piperidine rings is 1. The summed E-state index contributed by atoms with van der Waals surface area (Å²) < 4.78 is 1.77. The summed E-state index contributed by atoms with van der Waals surface area (Å²) in [6.07, 6.45) is 6.90. The lowest BCUT2D eigenvalue weighted by molar-refractivity contribution is -0.126. The molecule has 188 valence electrons. The van der Waals surface area contributed by atoms with Gasteiger partial charge in [0.1, 0.15) is 5.69 Å². The molecule has 0 unspecified atom stereocenters. The highest BCUT2D eigenvalue weighted by molar-refractivity contribution is 6.00. The van der Waals surface area contributed by atoms with Crippen LogP contribution in [0, 0.1) is 11.8 Å². The van der Waals surface area contributed by atoms with Crippen molar-refractivity contribution < 1.29 is 9.59 Å². The highest BCUT2D eigenvalue weighted by Crippen LogP contribution is 2.29. The topological polar surface area (TPSA) is 80.1 Å². The predicted molar refractivity (Wildman–Crippen MR) is 143 cm³/mol. The van der Waals surface area contributed by atoms with Crippen LogP contribution in [0.1, 0.15) is 35.7 Å². The van der Waals surface area contributed by atoms with E-state index >= 15 is 0 Å². The number of carbonyl (C=O) groups excluding carboxylic acids is 2. The molecular formula is C30H31N5O2. The molecule has 0 saturated carbocycles.